The Morgan fingerprint density at radius 1 is 1.37 bits per heavy atom. The molecule has 1 aromatic rings. The molecule has 1 amide bonds. The summed E-state index contributed by atoms with van der Waals surface area (Å²) in [6, 6.07) is 4.89. The maximum absolute atomic E-state index is 11.9. The molecule has 0 saturated carbocycles. The monoisotopic (exact) mass is 287 g/mol. The molecule has 0 radical (unpaired) electrons. The summed E-state index contributed by atoms with van der Waals surface area (Å²) in [5.41, 5.74) is 6.26. The zero-order valence-electron chi connectivity index (χ0n) is 10.8. The van der Waals surface area contributed by atoms with Gasteiger partial charge in [-0.2, -0.15) is 0 Å². The minimum atomic E-state index is -3.26. The van der Waals surface area contributed by atoms with Crippen molar-refractivity contribution in [2.45, 2.75) is 0 Å². The Kier molecular flexibility index (Phi) is 5.13. The van der Waals surface area contributed by atoms with E-state index in [0.29, 0.717) is 11.4 Å². The van der Waals surface area contributed by atoms with Crippen LogP contribution < -0.4 is 20.5 Å². The molecule has 0 aliphatic rings. The lowest BCUT2D eigenvalue weighted by molar-refractivity contribution is 0.0952. The molecule has 8 heteroatoms. The Hall–Kier alpha value is -1.80. The minimum Gasteiger partial charge on any atom is -0.496 e. The van der Waals surface area contributed by atoms with Crippen LogP contribution in [-0.2, 0) is 10.0 Å². The van der Waals surface area contributed by atoms with Gasteiger partial charge in [-0.15, -0.1) is 0 Å². The third kappa shape index (κ3) is 4.76. The number of sulfonamides is 1. The SMILES string of the molecule is COc1cccc(N)c1C(=O)NCCNS(C)(=O)=O. The fourth-order valence-corrected chi connectivity index (χ4v) is 1.93. The van der Waals surface area contributed by atoms with Gasteiger partial charge in [-0.3, -0.25) is 4.79 Å². The molecule has 1 rings (SSSR count). The number of rotatable bonds is 6. The highest BCUT2D eigenvalue weighted by molar-refractivity contribution is 7.88. The van der Waals surface area contributed by atoms with Crippen LogP contribution in [0.4, 0.5) is 5.69 Å². The van der Waals surface area contributed by atoms with Crippen molar-refractivity contribution < 1.29 is 17.9 Å². The van der Waals surface area contributed by atoms with E-state index in [1.807, 2.05) is 0 Å². The first-order valence-electron chi connectivity index (χ1n) is 5.50. The highest BCUT2D eigenvalue weighted by Gasteiger charge is 2.15. The van der Waals surface area contributed by atoms with E-state index < -0.39 is 15.9 Å². The maximum Gasteiger partial charge on any atom is 0.257 e. The summed E-state index contributed by atoms with van der Waals surface area (Å²) in [4.78, 5) is 11.9. The van der Waals surface area contributed by atoms with E-state index in [1.54, 1.807) is 18.2 Å². The van der Waals surface area contributed by atoms with Gasteiger partial charge in [0.05, 0.1) is 13.4 Å². The van der Waals surface area contributed by atoms with E-state index in [9.17, 15) is 13.2 Å². The third-order valence-corrected chi connectivity index (χ3v) is 3.01. The molecule has 7 nitrogen and oxygen atoms in total. The number of carbonyl (C=O) groups excluding carboxylic acids is 1. The average Bonchev–Trinajstić information content (AvgIpc) is 2.32. The Balaban J connectivity index is 2.64. The van der Waals surface area contributed by atoms with E-state index in [-0.39, 0.29) is 18.7 Å². The smallest absolute Gasteiger partial charge is 0.257 e. The van der Waals surface area contributed by atoms with Crippen molar-refractivity contribution in [1.29, 1.82) is 0 Å². The van der Waals surface area contributed by atoms with Gasteiger partial charge in [0.15, 0.2) is 0 Å². The topological polar surface area (TPSA) is 111 Å². The lowest BCUT2D eigenvalue weighted by Crippen LogP contribution is -2.34. The van der Waals surface area contributed by atoms with E-state index in [1.165, 1.54) is 7.11 Å². The van der Waals surface area contributed by atoms with Gasteiger partial charge in [-0.05, 0) is 12.1 Å². The van der Waals surface area contributed by atoms with E-state index in [4.69, 9.17) is 10.5 Å². The van der Waals surface area contributed by atoms with Gasteiger partial charge in [0.25, 0.3) is 5.91 Å². The molecule has 0 aromatic heterocycles. The largest absolute Gasteiger partial charge is 0.496 e. The van der Waals surface area contributed by atoms with Gasteiger partial charge >= 0.3 is 0 Å². The number of methoxy groups -OCH3 is 1. The van der Waals surface area contributed by atoms with Crippen molar-refractivity contribution in [3.05, 3.63) is 23.8 Å². The van der Waals surface area contributed by atoms with Crippen molar-refractivity contribution in [3.8, 4) is 5.75 Å². The van der Waals surface area contributed by atoms with E-state index in [2.05, 4.69) is 10.0 Å². The van der Waals surface area contributed by atoms with Gasteiger partial charge in [0, 0.05) is 18.8 Å². The highest BCUT2D eigenvalue weighted by atomic mass is 32.2. The molecule has 19 heavy (non-hydrogen) atoms. The molecule has 0 spiro atoms. The average molecular weight is 287 g/mol. The van der Waals surface area contributed by atoms with Crippen LogP contribution in [0.3, 0.4) is 0 Å². The Morgan fingerprint density at radius 2 is 2.05 bits per heavy atom. The van der Waals surface area contributed by atoms with Crippen LogP contribution in [0.15, 0.2) is 18.2 Å². The lowest BCUT2D eigenvalue weighted by Gasteiger charge is -2.11. The molecule has 4 N–H and O–H groups in total. The molecule has 0 unspecified atom stereocenters. The minimum absolute atomic E-state index is 0.111. The molecule has 106 valence electrons. The number of ether oxygens (including phenoxy) is 1. The van der Waals surface area contributed by atoms with Crippen LogP contribution in [-0.4, -0.2) is 40.8 Å². The number of benzene rings is 1. The molecule has 0 bridgehead atoms. The molecule has 0 heterocycles. The van der Waals surface area contributed by atoms with Crippen LogP contribution in [0.5, 0.6) is 5.75 Å². The fourth-order valence-electron chi connectivity index (χ4n) is 1.46. The first-order valence-corrected chi connectivity index (χ1v) is 7.39. The Morgan fingerprint density at radius 3 is 2.63 bits per heavy atom. The van der Waals surface area contributed by atoms with Crippen LogP contribution >= 0.6 is 0 Å². The molecule has 0 saturated heterocycles. The van der Waals surface area contributed by atoms with Crippen molar-refractivity contribution >= 4 is 21.6 Å². The number of hydrogen-bond acceptors (Lipinski definition) is 5. The quantitative estimate of drug-likeness (QED) is 0.485. The van der Waals surface area contributed by atoms with Crippen LogP contribution in [0.2, 0.25) is 0 Å². The molecular formula is C11H17N3O4S. The van der Waals surface area contributed by atoms with E-state index in [0.717, 1.165) is 6.26 Å². The van der Waals surface area contributed by atoms with Gasteiger partial charge in [0.1, 0.15) is 11.3 Å². The summed E-state index contributed by atoms with van der Waals surface area (Å²) in [7, 11) is -1.82. The molecular weight excluding hydrogens is 270 g/mol. The zero-order chi connectivity index (χ0) is 14.5. The van der Waals surface area contributed by atoms with Crippen LogP contribution in [0, 0.1) is 0 Å². The fraction of sp³-hybridized carbons (Fsp3) is 0.364. The summed E-state index contributed by atoms with van der Waals surface area (Å²) in [5, 5.41) is 2.56. The van der Waals surface area contributed by atoms with Gasteiger partial charge in [-0.25, -0.2) is 13.1 Å². The van der Waals surface area contributed by atoms with Crippen LogP contribution in [0.1, 0.15) is 10.4 Å². The summed E-state index contributed by atoms with van der Waals surface area (Å²) in [6.45, 7) is 0.267. The Bertz CT molecular complexity index is 557. The summed E-state index contributed by atoms with van der Waals surface area (Å²) in [6.07, 6.45) is 1.05. The number of nitrogen functional groups attached to an aromatic ring is 1. The second-order valence-corrected chi connectivity index (χ2v) is 5.68. The number of carbonyl (C=O) groups is 1. The lowest BCUT2D eigenvalue weighted by atomic mass is 10.1. The number of hydrogen-bond donors (Lipinski definition) is 3. The second-order valence-electron chi connectivity index (χ2n) is 3.85. The van der Waals surface area contributed by atoms with Gasteiger partial charge in [0.2, 0.25) is 10.0 Å². The van der Waals surface area contributed by atoms with Gasteiger partial charge in [-0.1, -0.05) is 6.07 Å². The predicted molar refractivity (Wildman–Crippen MR) is 72.6 cm³/mol. The molecule has 0 aliphatic heterocycles. The first-order chi connectivity index (χ1) is 8.85. The number of amides is 1. The van der Waals surface area contributed by atoms with Crippen molar-refractivity contribution in [2.75, 3.05) is 32.2 Å². The number of anilines is 1. The molecule has 0 fully saturated rings. The summed E-state index contributed by atoms with van der Waals surface area (Å²) in [5.74, 6) is -0.0428. The molecule has 0 atom stereocenters. The molecule has 1 aromatic carbocycles. The molecule has 0 aliphatic carbocycles. The normalized spacial score (nSPS) is 11.1. The third-order valence-electron chi connectivity index (χ3n) is 2.28. The van der Waals surface area contributed by atoms with Crippen molar-refractivity contribution in [2.24, 2.45) is 0 Å². The van der Waals surface area contributed by atoms with Crippen molar-refractivity contribution in [1.82, 2.24) is 10.0 Å². The summed E-state index contributed by atoms with van der Waals surface area (Å²) >= 11 is 0. The van der Waals surface area contributed by atoms with Crippen LogP contribution in [0.25, 0.3) is 0 Å². The summed E-state index contributed by atoms with van der Waals surface area (Å²) < 4.78 is 29.0. The highest BCUT2D eigenvalue weighted by Crippen LogP contribution is 2.23. The number of nitrogens with two attached hydrogens (primary N) is 1. The maximum atomic E-state index is 11.9. The zero-order valence-corrected chi connectivity index (χ0v) is 11.6. The first kappa shape index (κ1) is 15.3. The van der Waals surface area contributed by atoms with Crippen molar-refractivity contribution in [3.63, 3.8) is 0 Å². The standard InChI is InChI=1S/C11H17N3O4S/c1-18-9-5-3-4-8(12)10(9)11(15)13-6-7-14-19(2,16)17/h3-5,14H,6-7,12H2,1-2H3,(H,13,15). The second kappa shape index (κ2) is 6.39. The predicted octanol–water partition coefficient (Wildman–Crippen LogP) is -0.444. The van der Waals surface area contributed by atoms with E-state index >= 15 is 0 Å². The Labute approximate surface area is 112 Å². The number of nitrogens with one attached hydrogen (secondary N) is 2. The van der Waals surface area contributed by atoms with Gasteiger partial charge < -0.3 is 15.8 Å².